The molecule has 6 rings (SSSR count). The van der Waals surface area contributed by atoms with E-state index in [9.17, 15) is 0 Å². The molecule has 0 unspecified atom stereocenters. The second-order valence-corrected chi connectivity index (χ2v) is 15.7. The summed E-state index contributed by atoms with van der Waals surface area (Å²) in [5.74, 6) is 0. The van der Waals surface area contributed by atoms with Crippen molar-refractivity contribution in [1.29, 1.82) is 0 Å². The zero-order valence-electron chi connectivity index (χ0n) is 22.9. The van der Waals surface area contributed by atoms with E-state index in [2.05, 4.69) is 156 Å². The van der Waals surface area contributed by atoms with E-state index in [1.807, 2.05) is 12.1 Å². The van der Waals surface area contributed by atoms with Gasteiger partial charge < -0.3 is 0 Å². The summed E-state index contributed by atoms with van der Waals surface area (Å²) in [7, 11) is 11.0. The molecule has 0 aliphatic heterocycles. The third-order valence-corrected chi connectivity index (χ3v) is 7.36. The zero-order valence-corrected chi connectivity index (χ0v) is 31.0. The first-order valence-corrected chi connectivity index (χ1v) is 22.6. The van der Waals surface area contributed by atoms with Crippen LogP contribution in [0.3, 0.4) is 0 Å². The van der Waals surface area contributed by atoms with E-state index < -0.39 is 20.8 Å². The third-order valence-electron chi connectivity index (χ3n) is 6.05. The van der Waals surface area contributed by atoms with Crippen LogP contribution >= 0.6 is 48.9 Å². The number of rotatable bonds is 2. The van der Waals surface area contributed by atoms with Crippen LogP contribution in [-0.4, -0.2) is 9.52 Å². The van der Waals surface area contributed by atoms with E-state index in [-0.39, 0.29) is 0 Å². The number of aryl methyl sites for hydroxylation is 2. The van der Waals surface area contributed by atoms with Crippen molar-refractivity contribution < 1.29 is 20.8 Å². The van der Waals surface area contributed by atoms with Gasteiger partial charge in [0.15, 0.2) is 0 Å². The molecular formula is C34H30Br2Cl2SiZr. The van der Waals surface area contributed by atoms with Crippen LogP contribution in [0, 0.1) is 13.8 Å². The minimum absolute atomic E-state index is 0.826. The predicted molar refractivity (Wildman–Crippen MR) is 184 cm³/mol. The van der Waals surface area contributed by atoms with E-state index in [4.69, 9.17) is 17.0 Å². The van der Waals surface area contributed by atoms with E-state index >= 15 is 0 Å². The molecule has 0 aliphatic carbocycles. The predicted octanol–water partition coefficient (Wildman–Crippen LogP) is 12.8. The van der Waals surface area contributed by atoms with Gasteiger partial charge in [-0.1, -0.05) is 143 Å². The molecule has 0 nitrogen and oxygen atoms in total. The summed E-state index contributed by atoms with van der Waals surface area (Å²) in [6.45, 7) is 8.57. The minimum atomic E-state index is -0.826. The molecule has 0 spiro atoms. The van der Waals surface area contributed by atoms with Crippen molar-refractivity contribution in [2.45, 2.75) is 26.9 Å². The number of hydrogen-bond acceptors (Lipinski definition) is 0. The fourth-order valence-corrected chi connectivity index (χ4v) is 5.63. The van der Waals surface area contributed by atoms with Crippen molar-refractivity contribution in [3.63, 3.8) is 0 Å². The topological polar surface area (TPSA) is 0 Å². The van der Waals surface area contributed by atoms with Crippen molar-refractivity contribution in [2.75, 3.05) is 0 Å². The third kappa shape index (κ3) is 9.38. The second kappa shape index (κ2) is 17.0. The van der Waals surface area contributed by atoms with Crippen LogP contribution in [0.15, 0.2) is 118 Å². The Morgan fingerprint density at radius 2 is 0.900 bits per heavy atom. The molecule has 2 radical (unpaired) electrons. The summed E-state index contributed by atoms with van der Waals surface area (Å²) in [6.07, 6.45) is 0. The fourth-order valence-electron chi connectivity index (χ4n) is 4.45. The van der Waals surface area contributed by atoms with Crippen LogP contribution in [0.4, 0.5) is 0 Å². The van der Waals surface area contributed by atoms with Gasteiger partial charge in [-0.25, -0.2) is 0 Å². The van der Waals surface area contributed by atoms with Crippen LogP contribution in [0.5, 0.6) is 0 Å². The molecule has 0 aromatic heterocycles. The van der Waals surface area contributed by atoms with Crippen LogP contribution in [0.2, 0.25) is 13.1 Å². The molecule has 0 saturated heterocycles. The average molecular weight is 789 g/mol. The van der Waals surface area contributed by atoms with Crippen molar-refractivity contribution in [3.8, 4) is 22.3 Å². The maximum atomic E-state index is 4.93. The summed E-state index contributed by atoms with van der Waals surface area (Å²) < 4.78 is 2.34. The number of halogens is 4. The number of fused-ring (bicyclic) bond motifs is 2. The summed E-state index contributed by atoms with van der Waals surface area (Å²) in [6, 6.07) is 38.7. The summed E-state index contributed by atoms with van der Waals surface area (Å²) in [5.41, 5.74) is 7.66. The number of hydrogen-bond donors (Lipinski definition) is 0. The molecule has 0 amide bonds. The van der Waals surface area contributed by atoms with Crippen molar-refractivity contribution >= 4 is 80.0 Å². The Morgan fingerprint density at radius 3 is 1.23 bits per heavy atom. The Morgan fingerprint density at radius 1 is 0.575 bits per heavy atom. The standard InChI is InChI=1S/2C16H12Br.C2H6Si.2ClH.Zr/c2*1-11-7-14-9-13(10-16(17)15(14)8-11)12-5-3-2-4-6-12;1-3-2;;;/h2*2-10H,1H3;1-2H3;2*1H;/q2*-1;;;;+4/p-2. The molecule has 0 saturated carbocycles. The molecule has 6 heteroatoms. The molecule has 202 valence electrons. The Bertz CT molecular complexity index is 1500. The van der Waals surface area contributed by atoms with Gasteiger partial charge in [0.05, 0.1) is 0 Å². The quantitative estimate of drug-likeness (QED) is 0.121. The molecule has 0 fully saturated rings. The van der Waals surface area contributed by atoms with Gasteiger partial charge in [0.1, 0.15) is 0 Å². The molecule has 0 N–H and O–H groups in total. The summed E-state index contributed by atoms with van der Waals surface area (Å²) >= 11 is 6.49. The van der Waals surface area contributed by atoms with E-state index in [0.29, 0.717) is 0 Å². The Kier molecular flexibility index (Phi) is 14.1. The molecular weight excluding hydrogens is 758 g/mol. The van der Waals surface area contributed by atoms with Gasteiger partial charge in [-0.15, -0.1) is 56.9 Å². The van der Waals surface area contributed by atoms with Crippen LogP contribution in [0.25, 0.3) is 43.8 Å². The van der Waals surface area contributed by atoms with E-state index in [1.54, 1.807) is 0 Å². The van der Waals surface area contributed by atoms with Gasteiger partial charge in [-0.2, -0.15) is 12.1 Å². The maximum absolute atomic E-state index is 4.93. The van der Waals surface area contributed by atoms with Crippen molar-refractivity contribution in [2.24, 2.45) is 0 Å². The van der Waals surface area contributed by atoms with Gasteiger partial charge >= 0.3 is 37.9 Å². The average Bonchev–Trinajstić information content (AvgIpc) is 3.52. The molecule has 0 bridgehead atoms. The van der Waals surface area contributed by atoms with Gasteiger partial charge in [-0.3, -0.25) is 0 Å². The Labute approximate surface area is 276 Å². The van der Waals surface area contributed by atoms with E-state index in [0.717, 1.165) is 9.52 Å². The monoisotopic (exact) mass is 784 g/mol. The first-order valence-electron chi connectivity index (χ1n) is 12.7. The molecule has 6 aromatic rings. The second-order valence-electron chi connectivity index (χ2n) is 9.29. The first kappa shape index (κ1) is 33.2. The zero-order chi connectivity index (χ0) is 29.1. The van der Waals surface area contributed by atoms with Crippen LogP contribution in [-0.2, 0) is 20.8 Å². The SMILES string of the molecule is C[Si]C.Cc1cc2c(Br)cc(-c3ccccc3)cc2[cH-]1.Cc1cc2c(Br)cc(-c3ccccc3)cc2[cH-]1.[Cl][Zr+2][Cl]. The van der Waals surface area contributed by atoms with Crippen molar-refractivity contribution in [1.82, 2.24) is 0 Å². The van der Waals surface area contributed by atoms with Crippen LogP contribution < -0.4 is 0 Å². The molecule has 6 aromatic carbocycles. The summed E-state index contributed by atoms with van der Waals surface area (Å²) in [4.78, 5) is 0. The van der Waals surface area contributed by atoms with E-state index in [1.165, 1.54) is 63.9 Å². The first-order chi connectivity index (χ1) is 19.3. The van der Waals surface area contributed by atoms with Gasteiger partial charge in [0, 0.05) is 9.52 Å². The van der Waals surface area contributed by atoms with Gasteiger partial charge in [0.25, 0.3) is 0 Å². The van der Waals surface area contributed by atoms with Crippen molar-refractivity contribution in [3.05, 3.63) is 129 Å². The van der Waals surface area contributed by atoms with Crippen LogP contribution in [0.1, 0.15) is 11.1 Å². The van der Waals surface area contributed by atoms with Gasteiger partial charge in [-0.05, 0) is 20.1 Å². The number of benzene rings is 4. The van der Waals surface area contributed by atoms with Gasteiger partial charge in [0.2, 0.25) is 0 Å². The molecule has 0 heterocycles. The Hall–Kier alpha value is -1.26. The summed E-state index contributed by atoms with van der Waals surface area (Å²) in [5, 5.41) is 5.19. The normalized spacial score (nSPS) is 10.0. The Balaban J connectivity index is 0.000000185. The molecule has 40 heavy (non-hydrogen) atoms. The molecule has 0 aliphatic rings. The molecule has 0 atom stereocenters. The fraction of sp³-hybridized carbons (Fsp3) is 0.118.